The SMILES string of the molecule is CCC1CCC(CNC(=O)NCCCN2CCOCC2)CC1. The van der Waals surface area contributed by atoms with Crippen molar-refractivity contribution in [3.63, 3.8) is 0 Å². The molecule has 5 heteroatoms. The molecule has 0 aromatic heterocycles. The van der Waals surface area contributed by atoms with E-state index in [9.17, 15) is 4.79 Å². The van der Waals surface area contributed by atoms with Gasteiger partial charge in [0, 0.05) is 26.2 Å². The summed E-state index contributed by atoms with van der Waals surface area (Å²) in [5, 5.41) is 6.01. The van der Waals surface area contributed by atoms with Crippen LogP contribution in [-0.4, -0.2) is 56.9 Å². The minimum Gasteiger partial charge on any atom is -0.379 e. The lowest BCUT2D eigenvalue weighted by Gasteiger charge is -2.28. The van der Waals surface area contributed by atoms with Gasteiger partial charge in [0.05, 0.1) is 13.2 Å². The van der Waals surface area contributed by atoms with Crippen molar-refractivity contribution in [3.8, 4) is 0 Å². The normalized spacial score (nSPS) is 26.6. The van der Waals surface area contributed by atoms with Crippen LogP contribution in [0.3, 0.4) is 0 Å². The van der Waals surface area contributed by atoms with Gasteiger partial charge in [0.25, 0.3) is 0 Å². The molecule has 2 rings (SSSR count). The quantitative estimate of drug-likeness (QED) is 0.709. The van der Waals surface area contributed by atoms with Gasteiger partial charge in [-0.05, 0) is 37.6 Å². The van der Waals surface area contributed by atoms with Gasteiger partial charge in [-0.25, -0.2) is 4.79 Å². The highest BCUT2D eigenvalue weighted by Crippen LogP contribution is 2.29. The third-order valence-corrected chi connectivity index (χ3v) is 5.14. The first-order valence-electron chi connectivity index (χ1n) is 9.09. The van der Waals surface area contributed by atoms with Gasteiger partial charge in [0.2, 0.25) is 0 Å². The highest BCUT2D eigenvalue weighted by molar-refractivity contribution is 5.73. The predicted octanol–water partition coefficient (Wildman–Crippen LogP) is 2.22. The number of carbonyl (C=O) groups excluding carboxylic acids is 1. The Morgan fingerprint density at radius 2 is 1.77 bits per heavy atom. The van der Waals surface area contributed by atoms with E-state index in [1.54, 1.807) is 0 Å². The molecule has 0 bridgehead atoms. The van der Waals surface area contributed by atoms with Crippen LogP contribution in [0.4, 0.5) is 4.79 Å². The summed E-state index contributed by atoms with van der Waals surface area (Å²) in [5.74, 6) is 1.60. The van der Waals surface area contributed by atoms with E-state index < -0.39 is 0 Å². The van der Waals surface area contributed by atoms with Crippen LogP contribution in [0.5, 0.6) is 0 Å². The van der Waals surface area contributed by atoms with E-state index in [-0.39, 0.29) is 6.03 Å². The summed E-state index contributed by atoms with van der Waals surface area (Å²) in [6, 6.07) is -0.000377. The highest BCUT2D eigenvalue weighted by Gasteiger charge is 2.20. The molecule has 1 saturated heterocycles. The molecule has 2 amide bonds. The third kappa shape index (κ3) is 6.53. The Labute approximate surface area is 135 Å². The molecule has 0 spiro atoms. The molecular weight excluding hydrogens is 278 g/mol. The van der Waals surface area contributed by atoms with E-state index in [4.69, 9.17) is 4.74 Å². The molecule has 22 heavy (non-hydrogen) atoms. The Morgan fingerprint density at radius 3 is 2.45 bits per heavy atom. The Balaban J connectivity index is 1.46. The average molecular weight is 311 g/mol. The fraction of sp³-hybridized carbons (Fsp3) is 0.941. The summed E-state index contributed by atoms with van der Waals surface area (Å²) in [6.07, 6.45) is 7.54. The van der Waals surface area contributed by atoms with Crippen LogP contribution in [0.15, 0.2) is 0 Å². The number of morpholine rings is 1. The van der Waals surface area contributed by atoms with Crippen molar-refractivity contribution in [2.75, 3.05) is 45.9 Å². The molecule has 0 aromatic carbocycles. The molecular formula is C17H33N3O2. The maximum atomic E-state index is 11.8. The lowest BCUT2D eigenvalue weighted by atomic mass is 9.81. The second-order valence-electron chi connectivity index (χ2n) is 6.74. The van der Waals surface area contributed by atoms with Crippen LogP contribution in [0, 0.1) is 11.8 Å². The van der Waals surface area contributed by atoms with E-state index in [2.05, 4.69) is 22.5 Å². The molecule has 1 heterocycles. The molecule has 1 aliphatic heterocycles. The molecule has 1 aliphatic carbocycles. The predicted molar refractivity (Wildman–Crippen MR) is 89.0 cm³/mol. The molecule has 1 saturated carbocycles. The van der Waals surface area contributed by atoms with E-state index >= 15 is 0 Å². The lowest BCUT2D eigenvalue weighted by molar-refractivity contribution is 0.0375. The van der Waals surface area contributed by atoms with E-state index in [1.165, 1.54) is 32.1 Å². The Hall–Kier alpha value is -0.810. The lowest BCUT2D eigenvalue weighted by Crippen LogP contribution is -2.41. The molecule has 2 N–H and O–H groups in total. The fourth-order valence-electron chi connectivity index (χ4n) is 3.47. The van der Waals surface area contributed by atoms with Gasteiger partial charge < -0.3 is 15.4 Å². The molecule has 0 unspecified atom stereocenters. The number of hydrogen-bond donors (Lipinski definition) is 2. The fourth-order valence-corrected chi connectivity index (χ4v) is 3.47. The van der Waals surface area contributed by atoms with Gasteiger partial charge >= 0.3 is 6.03 Å². The number of urea groups is 1. The number of hydrogen-bond acceptors (Lipinski definition) is 3. The van der Waals surface area contributed by atoms with Crippen LogP contribution in [0.2, 0.25) is 0 Å². The topological polar surface area (TPSA) is 53.6 Å². The largest absolute Gasteiger partial charge is 0.379 e. The zero-order chi connectivity index (χ0) is 15.6. The molecule has 0 atom stereocenters. The summed E-state index contributed by atoms with van der Waals surface area (Å²) in [6.45, 7) is 8.65. The summed E-state index contributed by atoms with van der Waals surface area (Å²) >= 11 is 0. The van der Waals surface area contributed by atoms with Crippen molar-refractivity contribution < 1.29 is 9.53 Å². The first kappa shape index (κ1) is 17.5. The monoisotopic (exact) mass is 311 g/mol. The number of nitrogens with one attached hydrogen (secondary N) is 2. The number of amides is 2. The van der Waals surface area contributed by atoms with Crippen LogP contribution in [0.25, 0.3) is 0 Å². The second-order valence-corrected chi connectivity index (χ2v) is 6.74. The number of ether oxygens (including phenoxy) is 1. The van der Waals surface area contributed by atoms with Gasteiger partial charge in [-0.2, -0.15) is 0 Å². The highest BCUT2D eigenvalue weighted by atomic mass is 16.5. The maximum absolute atomic E-state index is 11.8. The van der Waals surface area contributed by atoms with E-state index in [1.807, 2.05) is 0 Å². The van der Waals surface area contributed by atoms with E-state index in [0.717, 1.165) is 58.3 Å². The molecule has 5 nitrogen and oxygen atoms in total. The van der Waals surface area contributed by atoms with Crippen LogP contribution < -0.4 is 10.6 Å². The second kappa shape index (κ2) is 10.1. The standard InChI is InChI=1S/C17H33N3O2/c1-2-15-4-6-16(7-5-15)14-19-17(21)18-8-3-9-20-10-12-22-13-11-20/h15-16H,2-14H2,1H3,(H2,18,19,21). The maximum Gasteiger partial charge on any atom is 0.314 e. The summed E-state index contributed by atoms with van der Waals surface area (Å²) in [7, 11) is 0. The van der Waals surface area contributed by atoms with Gasteiger partial charge in [0.15, 0.2) is 0 Å². The summed E-state index contributed by atoms with van der Waals surface area (Å²) in [4.78, 5) is 14.2. The minimum absolute atomic E-state index is 0.000377. The molecule has 2 aliphatic rings. The number of rotatable bonds is 7. The Morgan fingerprint density at radius 1 is 1.09 bits per heavy atom. The molecule has 2 fully saturated rings. The first-order chi connectivity index (χ1) is 10.8. The molecule has 0 aromatic rings. The van der Waals surface area contributed by atoms with E-state index in [0.29, 0.717) is 5.92 Å². The Bertz CT molecular complexity index is 311. The minimum atomic E-state index is -0.000377. The van der Waals surface area contributed by atoms with Crippen LogP contribution in [0.1, 0.15) is 45.4 Å². The van der Waals surface area contributed by atoms with Gasteiger partial charge in [0.1, 0.15) is 0 Å². The van der Waals surface area contributed by atoms with Crippen molar-refractivity contribution >= 4 is 6.03 Å². The third-order valence-electron chi connectivity index (χ3n) is 5.14. The van der Waals surface area contributed by atoms with Crippen LogP contribution >= 0.6 is 0 Å². The number of nitrogens with zero attached hydrogens (tertiary/aromatic N) is 1. The smallest absolute Gasteiger partial charge is 0.314 e. The zero-order valence-corrected chi connectivity index (χ0v) is 14.1. The van der Waals surface area contributed by atoms with Crippen LogP contribution in [-0.2, 0) is 4.74 Å². The average Bonchev–Trinajstić information content (AvgIpc) is 2.58. The first-order valence-corrected chi connectivity index (χ1v) is 9.09. The van der Waals surface area contributed by atoms with Crippen molar-refractivity contribution in [1.29, 1.82) is 0 Å². The molecule has 128 valence electrons. The van der Waals surface area contributed by atoms with Crippen molar-refractivity contribution in [2.45, 2.75) is 45.4 Å². The van der Waals surface area contributed by atoms with Crippen molar-refractivity contribution in [3.05, 3.63) is 0 Å². The van der Waals surface area contributed by atoms with Gasteiger partial charge in [-0.3, -0.25) is 4.90 Å². The zero-order valence-electron chi connectivity index (χ0n) is 14.1. The van der Waals surface area contributed by atoms with Gasteiger partial charge in [-0.1, -0.05) is 26.2 Å². The summed E-state index contributed by atoms with van der Waals surface area (Å²) < 4.78 is 5.33. The Kier molecular flexibility index (Phi) is 8.02. The molecule has 0 radical (unpaired) electrons. The van der Waals surface area contributed by atoms with Gasteiger partial charge in [-0.15, -0.1) is 0 Å². The van der Waals surface area contributed by atoms with Crippen molar-refractivity contribution in [2.24, 2.45) is 11.8 Å². The number of carbonyl (C=O) groups is 1. The summed E-state index contributed by atoms with van der Waals surface area (Å²) in [5.41, 5.74) is 0. The van der Waals surface area contributed by atoms with Crippen molar-refractivity contribution in [1.82, 2.24) is 15.5 Å².